The van der Waals surface area contributed by atoms with Crippen LogP contribution in [0.2, 0.25) is 0 Å². The molecule has 1 aliphatic rings. The summed E-state index contributed by atoms with van der Waals surface area (Å²) in [5.41, 5.74) is 0. The van der Waals surface area contributed by atoms with Gasteiger partial charge in [0.25, 0.3) is 5.91 Å². The summed E-state index contributed by atoms with van der Waals surface area (Å²) in [6.45, 7) is 4.88. The molecule has 4 nitrogen and oxygen atoms in total. The summed E-state index contributed by atoms with van der Waals surface area (Å²) in [6.07, 6.45) is 3.02. The Morgan fingerprint density at radius 3 is 2.72 bits per heavy atom. The topological polar surface area (TPSA) is 41.6 Å². The second kappa shape index (κ2) is 8.34. The highest BCUT2D eigenvalue weighted by molar-refractivity contribution is 5.89. The standard InChI is InChI=1S/C21H28N2O2/c1-16(21(24)22-13-10-17-11-14-23(2)15-12-17)25-20-9-5-7-18-6-3-4-8-19(18)20/h3-9,16-17H,10-15H2,1-2H3,(H,22,24)/t16-/m1/s1. The molecular formula is C21H28N2O2. The number of fused-ring (bicyclic) bond motifs is 1. The molecule has 0 unspecified atom stereocenters. The zero-order valence-electron chi connectivity index (χ0n) is 15.2. The van der Waals surface area contributed by atoms with Crippen LogP contribution >= 0.6 is 0 Å². The number of nitrogens with zero attached hydrogens (tertiary/aromatic N) is 1. The highest BCUT2D eigenvalue weighted by Crippen LogP contribution is 2.26. The lowest BCUT2D eigenvalue weighted by Crippen LogP contribution is -2.38. The van der Waals surface area contributed by atoms with E-state index in [1.54, 1.807) is 0 Å². The predicted molar refractivity (Wildman–Crippen MR) is 102 cm³/mol. The van der Waals surface area contributed by atoms with Crippen molar-refractivity contribution in [3.63, 3.8) is 0 Å². The number of hydrogen-bond donors (Lipinski definition) is 1. The molecule has 3 rings (SSSR count). The molecule has 0 aliphatic carbocycles. The number of hydrogen-bond acceptors (Lipinski definition) is 3. The van der Waals surface area contributed by atoms with Gasteiger partial charge in [-0.25, -0.2) is 0 Å². The van der Waals surface area contributed by atoms with E-state index in [0.29, 0.717) is 0 Å². The molecule has 0 saturated carbocycles. The molecule has 2 aromatic carbocycles. The van der Waals surface area contributed by atoms with Gasteiger partial charge in [-0.2, -0.15) is 0 Å². The van der Waals surface area contributed by atoms with Crippen LogP contribution in [0.3, 0.4) is 0 Å². The van der Waals surface area contributed by atoms with Gasteiger partial charge in [0, 0.05) is 11.9 Å². The lowest BCUT2D eigenvalue weighted by molar-refractivity contribution is -0.127. The fraction of sp³-hybridized carbons (Fsp3) is 0.476. The van der Waals surface area contributed by atoms with E-state index in [9.17, 15) is 4.79 Å². The van der Waals surface area contributed by atoms with Crippen molar-refractivity contribution in [1.82, 2.24) is 10.2 Å². The SMILES string of the molecule is C[C@@H](Oc1cccc2ccccc12)C(=O)NCCC1CCN(C)CC1. The minimum absolute atomic E-state index is 0.0409. The minimum Gasteiger partial charge on any atom is -0.480 e. The zero-order valence-corrected chi connectivity index (χ0v) is 15.2. The van der Waals surface area contributed by atoms with Gasteiger partial charge >= 0.3 is 0 Å². The van der Waals surface area contributed by atoms with Crippen molar-refractivity contribution in [2.45, 2.75) is 32.3 Å². The van der Waals surface area contributed by atoms with Gasteiger partial charge in [-0.3, -0.25) is 4.79 Å². The second-order valence-corrected chi connectivity index (χ2v) is 7.06. The van der Waals surface area contributed by atoms with Crippen LogP contribution in [0.5, 0.6) is 5.75 Å². The van der Waals surface area contributed by atoms with E-state index < -0.39 is 6.10 Å². The van der Waals surface area contributed by atoms with Gasteiger partial charge in [0.15, 0.2) is 6.10 Å². The molecule has 4 heteroatoms. The number of rotatable bonds is 6. The monoisotopic (exact) mass is 340 g/mol. The number of amides is 1. The summed E-state index contributed by atoms with van der Waals surface area (Å²) in [7, 11) is 2.17. The first-order chi connectivity index (χ1) is 12.1. The number of carbonyl (C=O) groups excluding carboxylic acids is 1. The van der Waals surface area contributed by atoms with Crippen LogP contribution in [-0.4, -0.2) is 43.6 Å². The molecule has 2 aromatic rings. The first-order valence-electron chi connectivity index (χ1n) is 9.24. The molecule has 1 aliphatic heterocycles. The lowest BCUT2D eigenvalue weighted by atomic mass is 9.94. The quantitative estimate of drug-likeness (QED) is 0.876. The molecule has 1 saturated heterocycles. The maximum atomic E-state index is 12.3. The summed E-state index contributed by atoms with van der Waals surface area (Å²) >= 11 is 0. The Balaban J connectivity index is 1.49. The molecule has 0 radical (unpaired) electrons. The Hall–Kier alpha value is -2.07. The maximum absolute atomic E-state index is 12.3. The summed E-state index contributed by atoms with van der Waals surface area (Å²) in [6, 6.07) is 14.0. The highest BCUT2D eigenvalue weighted by Gasteiger charge is 2.18. The molecule has 0 spiro atoms. The number of likely N-dealkylation sites (tertiary alicyclic amines) is 1. The Morgan fingerprint density at radius 1 is 1.20 bits per heavy atom. The molecule has 134 valence electrons. The number of ether oxygens (including phenoxy) is 1. The van der Waals surface area contributed by atoms with Crippen molar-refractivity contribution in [2.75, 3.05) is 26.7 Å². The molecule has 0 aromatic heterocycles. The fourth-order valence-corrected chi connectivity index (χ4v) is 3.44. The molecule has 25 heavy (non-hydrogen) atoms. The molecule has 1 atom stereocenters. The van der Waals surface area contributed by atoms with Crippen molar-refractivity contribution in [2.24, 2.45) is 5.92 Å². The molecular weight excluding hydrogens is 312 g/mol. The van der Waals surface area contributed by atoms with Gasteiger partial charge in [0.2, 0.25) is 0 Å². The first kappa shape index (κ1) is 17.7. The van der Waals surface area contributed by atoms with E-state index in [0.717, 1.165) is 35.4 Å². The van der Waals surface area contributed by atoms with Gasteiger partial charge in [0.1, 0.15) is 5.75 Å². The van der Waals surface area contributed by atoms with Gasteiger partial charge in [-0.15, -0.1) is 0 Å². The van der Waals surface area contributed by atoms with E-state index in [4.69, 9.17) is 4.74 Å². The second-order valence-electron chi connectivity index (χ2n) is 7.06. The van der Waals surface area contributed by atoms with Crippen LogP contribution in [0, 0.1) is 5.92 Å². The van der Waals surface area contributed by atoms with Crippen molar-refractivity contribution in [3.05, 3.63) is 42.5 Å². The number of carbonyl (C=O) groups is 1. The zero-order chi connectivity index (χ0) is 17.6. The van der Waals surface area contributed by atoms with E-state index in [-0.39, 0.29) is 5.91 Å². The van der Waals surface area contributed by atoms with E-state index in [1.165, 1.54) is 25.9 Å². The molecule has 1 amide bonds. The number of nitrogens with one attached hydrogen (secondary N) is 1. The third kappa shape index (κ3) is 4.73. The Labute approximate surface area is 150 Å². The maximum Gasteiger partial charge on any atom is 0.260 e. The largest absolute Gasteiger partial charge is 0.480 e. The number of piperidine rings is 1. The lowest BCUT2D eigenvalue weighted by Gasteiger charge is -2.29. The third-order valence-electron chi connectivity index (χ3n) is 5.11. The summed E-state index contributed by atoms with van der Waals surface area (Å²) in [4.78, 5) is 14.7. The normalized spacial score (nSPS) is 17.4. The summed E-state index contributed by atoms with van der Waals surface area (Å²) < 4.78 is 5.93. The molecule has 1 N–H and O–H groups in total. The molecule has 0 bridgehead atoms. The van der Waals surface area contributed by atoms with E-state index >= 15 is 0 Å². The van der Waals surface area contributed by atoms with Crippen LogP contribution in [-0.2, 0) is 4.79 Å². The van der Waals surface area contributed by atoms with Gasteiger partial charge in [0.05, 0.1) is 0 Å². The summed E-state index contributed by atoms with van der Waals surface area (Å²) in [5.74, 6) is 1.45. The van der Waals surface area contributed by atoms with Crippen LogP contribution in [0.1, 0.15) is 26.2 Å². The Bertz CT molecular complexity index is 703. The average Bonchev–Trinajstić information content (AvgIpc) is 2.63. The van der Waals surface area contributed by atoms with Crippen molar-refractivity contribution >= 4 is 16.7 Å². The molecule has 1 heterocycles. The number of benzene rings is 2. The van der Waals surface area contributed by atoms with Gasteiger partial charge < -0.3 is 15.0 Å². The predicted octanol–water partition coefficient (Wildman–Crippen LogP) is 3.46. The van der Waals surface area contributed by atoms with Crippen molar-refractivity contribution in [1.29, 1.82) is 0 Å². The van der Waals surface area contributed by atoms with Crippen LogP contribution < -0.4 is 10.1 Å². The van der Waals surface area contributed by atoms with E-state index in [2.05, 4.69) is 29.4 Å². The first-order valence-corrected chi connectivity index (χ1v) is 9.24. The van der Waals surface area contributed by atoms with Crippen molar-refractivity contribution < 1.29 is 9.53 Å². The van der Waals surface area contributed by atoms with Crippen LogP contribution in [0.4, 0.5) is 0 Å². The van der Waals surface area contributed by atoms with Crippen LogP contribution in [0.25, 0.3) is 10.8 Å². The fourth-order valence-electron chi connectivity index (χ4n) is 3.44. The Kier molecular flexibility index (Phi) is 5.92. The summed E-state index contributed by atoms with van der Waals surface area (Å²) in [5, 5.41) is 5.19. The highest BCUT2D eigenvalue weighted by atomic mass is 16.5. The smallest absolute Gasteiger partial charge is 0.260 e. The van der Waals surface area contributed by atoms with E-state index in [1.807, 2.05) is 37.3 Å². The molecule has 1 fully saturated rings. The Morgan fingerprint density at radius 2 is 1.92 bits per heavy atom. The van der Waals surface area contributed by atoms with Gasteiger partial charge in [-0.05, 0) is 63.7 Å². The van der Waals surface area contributed by atoms with Gasteiger partial charge in [-0.1, -0.05) is 36.4 Å². The minimum atomic E-state index is -0.497. The van der Waals surface area contributed by atoms with Crippen LogP contribution in [0.15, 0.2) is 42.5 Å². The van der Waals surface area contributed by atoms with Crippen molar-refractivity contribution in [3.8, 4) is 5.75 Å². The average molecular weight is 340 g/mol. The third-order valence-corrected chi connectivity index (χ3v) is 5.11.